The number of rotatable bonds is 12. The molecule has 3 atom stereocenters. The smallest absolute Gasteiger partial charge is 0.222 e. The van der Waals surface area contributed by atoms with E-state index in [1.54, 1.807) is 6.07 Å². The van der Waals surface area contributed by atoms with Gasteiger partial charge in [-0.1, -0.05) is 43.7 Å². The summed E-state index contributed by atoms with van der Waals surface area (Å²) < 4.78 is 14.3. The Morgan fingerprint density at radius 3 is 2.62 bits per heavy atom. The third-order valence-electron chi connectivity index (χ3n) is 8.27. The molecule has 2 fully saturated rings. The lowest BCUT2D eigenvalue weighted by Gasteiger charge is -2.43. The van der Waals surface area contributed by atoms with Gasteiger partial charge in [0, 0.05) is 43.9 Å². The number of piperidine rings is 1. The highest BCUT2D eigenvalue weighted by Crippen LogP contribution is 2.41. The van der Waals surface area contributed by atoms with Crippen molar-refractivity contribution in [2.75, 3.05) is 33.2 Å². The van der Waals surface area contributed by atoms with E-state index in [1.165, 1.54) is 51.2 Å². The molecule has 1 saturated heterocycles. The topological polar surface area (TPSA) is 81.7 Å². The number of hydrogen-bond acceptors (Lipinski definition) is 4. The third kappa shape index (κ3) is 8.93. The molecule has 2 aliphatic rings. The number of amides is 2. The van der Waals surface area contributed by atoms with Gasteiger partial charge in [-0.3, -0.25) is 9.59 Å². The molecule has 0 radical (unpaired) electrons. The van der Waals surface area contributed by atoms with Crippen LogP contribution in [0.3, 0.4) is 0 Å². The van der Waals surface area contributed by atoms with Crippen LogP contribution in [0.15, 0.2) is 18.2 Å². The molecular formula is C29H45ClFN3O3. The van der Waals surface area contributed by atoms with Gasteiger partial charge in [0.05, 0.1) is 5.60 Å². The average molecular weight is 538 g/mol. The summed E-state index contributed by atoms with van der Waals surface area (Å²) >= 11 is 6.17. The number of carbonyl (C=O) groups excluding carboxylic acids is 2. The minimum atomic E-state index is -1.35. The van der Waals surface area contributed by atoms with Gasteiger partial charge >= 0.3 is 0 Å². The molecule has 0 bridgehead atoms. The van der Waals surface area contributed by atoms with Gasteiger partial charge < -0.3 is 20.6 Å². The van der Waals surface area contributed by atoms with Crippen LogP contribution in [0.2, 0.25) is 5.02 Å². The summed E-state index contributed by atoms with van der Waals surface area (Å²) in [5.41, 5.74) is -0.916. The Morgan fingerprint density at radius 1 is 1.19 bits per heavy atom. The zero-order chi connectivity index (χ0) is 26.8. The molecule has 2 amide bonds. The Hall–Kier alpha value is -1.70. The number of likely N-dealkylation sites (tertiary alicyclic amines) is 1. The van der Waals surface area contributed by atoms with Crippen LogP contribution in [0.4, 0.5) is 4.39 Å². The van der Waals surface area contributed by atoms with Crippen LogP contribution in [0.25, 0.3) is 0 Å². The largest absolute Gasteiger partial charge is 0.385 e. The van der Waals surface area contributed by atoms with Crippen molar-refractivity contribution in [3.05, 3.63) is 34.6 Å². The first-order chi connectivity index (χ1) is 17.7. The molecular weight excluding hydrogens is 493 g/mol. The maximum atomic E-state index is 14.3. The van der Waals surface area contributed by atoms with Crippen LogP contribution in [-0.2, 0) is 15.2 Å². The molecule has 0 spiro atoms. The molecule has 1 aliphatic heterocycles. The molecule has 0 unspecified atom stereocenters. The predicted molar refractivity (Wildman–Crippen MR) is 146 cm³/mol. The van der Waals surface area contributed by atoms with Gasteiger partial charge in [0.1, 0.15) is 5.82 Å². The lowest BCUT2D eigenvalue weighted by atomic mass is 9.74. The van der Waals surface area contributed by atoms with Crippen molar-refractivity contribution in [2.45, 2.75) is 83.2 Å². The van der Waals surface area contributed by atoms with Crippen molar-refractivity contribution in [1.82, 2.24) is 15.5 Å². The second-order valence-electron chi connectivity index (χ2n) is 11.2. The first-order valence-electron chi connectivity index (χ1n) is 14.1. The summed E-state index contributed by atoms with van der Waals surface area (Å²) in [6.45, 7) is 3.81. The highest BCUT2D eigenvalue weighted by Gasteiger charge is 2.41. The standard InChI is InChI=1S/C29H45ClFN3O3/c1-21(35)33-12-7-11-29(37,25-16-26(30)18-27(31)17-25)24-10-6-13-34(20-24)28(36)15-23(19-32-2)14-22-8-4-3-5-9-22/h16-18,22-24,32,37H,3-15,19-20H2,1-2H3,(H,33,35)/t23-,24-,29+/m1/s1. The van der Waals surface area contributed by atoms with Crippen molar-refractivity contribution in [3.8, 4) is 0 Å². The number of carbonyl (C=O) groups is 2. The summed E-state index contributed by atoms with van der Waals surface area (Å²) in [5, 5.41) is 18.3. The van der Waals surface area contributed by atoms with Crippen LogP contribution < -0.4 is 10.6 Å². The van der Waals surface area contributed by atoms with Crippen molar-refractivity contribution in [2.24, 2.45) is 17.8 Å². The molecule has 1 aromatic rings. The maximum absolute atomic E-state index is 14.3. The van der Waals surface area contributed by atoms with Gasteiger partial charge in [0.2, 0.25) is 11.8 Å². The van der Waals surface area contributed by atoms with E-state index in [1.807, 2.05) is 11.9 Å². The lowest BCUT2D eigenvalue weighted by Crippen LogP contribution is -2.49. The Balaban J connectivity index is 1.71. The molecule has 1 saturated carbocycles. The molecule has 208 valence electrons. The van der Waals surface area contributed by atoms with Gasteiger partial charge in [-0.05, 0) is 81.3 Å². The van der Waals surface area contributed by atoms with E-state index in [0.29, 0.717) is 56.3 Å². The number of hydrogen-bond donors (Lipinski definition) is 3. The summed E-state index contributed by atoms with van der Waals surface area (Å²) in [6.07, 6.45) is 10.4. The number of benzene rings is 1. The van der Waals surface area contributed by atoms with E-state index in [2.05, 4.69) is 10.6 Å². The van der Waals surface area contributed by atoms with Crippen LogP contribution in [0, 0.1) is 23.6 Å². The Morgan fingerprint density at radius 2 is 1.95 bits per heavy atom. The highest BCUT2D eigenvalue weighted by atomic mass is 35.5. The molecule has 8 heteroatoms. The van der Waals surface area contributed by atoms with E-state index in [0.717, 1.165) is 25.8 Å². The van der Waals surface area contributed by atoms with E-state index < -0.39 is 11.4 Å². The number of halogens is 2. The van der Waals surface area contributed by atoms with Crippen LogP contribution in [-0.4, -0.2) is 55.0 Å². The maximum Gasteiger partial charge on any atom is 0.222 e. The second kappa shape index (κ2) is 14.5. The van der Waals surface area contributed by atoms with Crippen molar-refractivity contribution < 1.29 is 19.1 Å². The summed E-state index contributed by atoms with van der Waals surface area (Å²) in [4.78, 5) is 26.7. The molecule has 0 aromatic heterocycles. The quantitative estimate of drug-likeness (QED) is 0.327. The fourth-order valence-corrected chi connectivity index (χ4v) is 6.62. The molecule has 3 N–H and O–H groups in total. The minimum absolute atomic E-state index is 0.129. The normalized spacial score (nSPS) is 21.3. The zero-order valence-electron chi connectivity index (χ0n) is 22.5. The van der Waals surface area contributed by atoms with Gasteiger partial charge in [0.15, 0.2) is 0 Å². The fraction of sp³-hybridized carbons (Fsp3) is 0.724. The molecule has 3 rings (SSSR count). The van der Waals surface area contributed by atoms with Gasteiger partial charge in [-0.25, -0.2) is 4.39 Å². The van der Waals surface area contributed by atoms with E-state index in [9.17, 15) is 19.1 Å². The molecule has 6 nitrogen and oxygen atoms in total. The number of nitrogens with zero attached hydrogens (tertiary/aromatic N) is 1. The highest BCUT2D eigenvalue weighted by molar-refractivity contribution is 6.30. The molecule has 1 heterocycles. The Bertz CT molecular complexity index is 875. The van der Waals surface area contributed by atoms with E-state index in [4.69, 9.17) is 11.6 Å². The minimum Gasteiger partial charge on any atom is -0.385 e. The number of nitrogens with one attached hydrogen (secondary N) is 2. The van der Waals surface area contributed by atoms with E-state index >= 15 is 0 Å². The Labute approximate surface area is 226 Å². The summed E-state index contributed by atoms with van der Waals surface area (Å²) in [7, 11) is 1.94. The van der Waals surface area contributed by atoms with Crippen molar-refractivity contribution in [3.63, 3.8) is 0 Å². The first-order valence-corrected chi connectivity index (χ1v) is 14.4. The van der Waals surface area contributed by atoms with E-state index in [-0.39, 0.29) is 22.8 Å². The Kier molecular flexibility index (Phi) is 11.7. The predicted octanol–water partition coefficient (Wildman–Crippen LogP) is 5.02. The lowest BCUT2D eigenvalue weighted by molar-refractivity contribution is -0.138. The third-order valence-corrected chi connectivity index (χ3v) is 8.49. The van der Waals surface area contributed by atoms with Crippen molar-refractivity contribution in [1.29, 1.82) is 0 Å². The average Bonchev–Trinajstić information content (AvgIpc) is 2.86. The van der Waals surface area contributed by atoms with Gasteiger partial charge in [0.25, 0.3) is 0 Å². The van der Waals surface area contributed by atoms with Gasteiger partial charge in [-0.15, -0.1) is 0 Å². The molecule has 1 aromatic carbocycles. The van der Waals surface area contributed by atoms with Crippen LogP contribution in [0.5, 0.6) is 0 Å². The van der Waals surface area contributed by atoms with Crippen molar-refractivity contribution >= 4 is 23.4 Å². The number of aliphatic hydroxyl groups is 1. The molecule has 37 heavy (non-hydrogen) atoms. The van der Waals surface area contributed by atoms with Gasteiger partial charge in [-0.2, -0.15) is 0 Å². The second-order valence-corrected chi connectivity index (χ2v) is 11.7. The zero-order valence-corrected chi connectivity index (χ0v) is 23.3. The van der Waals surface area contributed by atoms with Crippen LogP contribution >= 0.6 is 11.6 Å². The summed E-state index contributed by atoms with van der Waals surface area (Å²) in [6, 6.07) is 4.20. The fourth-order valence-electron chi connectivity index (χ4n) is 6.40. The first kappa shape index (κ1) is 29.9. The van der Waals surface area contributed by atoms with Crippen LogP contribution in [0.1, 0.15) is 83.1 Å². The SMILES string of the molecule is CNC[C@@H](CC(=O)N1CCC[C@@H]([C@@](O)(CCCNC(C)=O)c2cc(F)cc(Cl)c2)C1)CC1CCCCC1. The summed E-state index contributed by atoms with van der Waals surface area (Å²) in [5.74, 6) is 0.278. The molecule has 1 aliphatic carbocycles. The monoisotopic (exact) mass is 537 g/mol.